The Balaban J connectivity index is 1.77. The summed E-state index contributed by atoms with van der Waals surface area (Å²) in [4.78, 5) is 35.4. The van der Waals surface area contributed by atoms with Crippen molar-refractivity contribution in [1.29, 1.82) is 0 Å². The molecule has 114 valence electrons. The summed E-state index contributed by atoms with van der Waals surface area (Å²) in [5.74, 6) is -1.42. The molecule has 0 radical (unpaired) electrons. The molecule has 22 heavy (non-hydrogen) atoms. The van der Waals surface area contributed by atoms with E-state index in [0.29, 0.717) is 12.1 Å². The minimum atomic E-state index is -0.877. The Labute approximate surface area is 126 Å². The first-order valence-electron chi connectivity index (χ1n) is 6.98. The molecule has 7 nitrogen and oxygen atoms in total. The maximum Gasteiger partial charge on any atom is 0.355 e. The zero-order valence-electron chi connectivity index (χ0n) is 11.7. The Hall–Kier alpha value is -2.70. The summed E-state index contributed by atoms with van der Waals surface area (Å²) < 4.78 is 9.84. The highest BCUT2D eigenvalue weighted by molar-refractivity contribution is 6.38. The normalized spacial score (nSPS) is 21.4. The first kappa shape index (κ1) is 14.2. The molecule has 2 aliphatic heterocycles. The number of rotatable bonds is 3. The van der Waals surface area contributed by atoms with Gasteiger partial charge in [0.2, 0.25) is 12.0 Å². The van der Waals surface area contributed by atoms with Crippen LogP contribution in [0.2, 0.25) is 0 Å². The molecule has 1 amide bonds. The van der Waals surface area contributed by atoms with Gasteiger partial charge in [0, 0.05) is 19.3 Å². The smallest absolute Gasteiger partial charge is 0.355 e. The Bertz CT molecular complexity index is 641. The van der Waals surface area contributed by atoms with Gasteiger partial charge in [0.05, 0.1) is 12.3 Å². The van der Waals surface area contributed by atoms with Gasteiger partial charge in [-0.25, -0.2) is 14.6 Å². The van der Waals surface area contributed by atoms with Crippen molar-refractivity contribution in [2.24, 2.45) is 5.10 Å². The van der Waals surface area contributed by atoms with Crippen LogP contribution in [0.5, 0.6) is 0 Å². The second kappa shape index (κ2) is 5.97. The van der Waals surface area contributed by atoms with Crippen LogP contribution in [0.4, 0.5) is 5.69 Å². The predicted octanol–water partition coefficient (Wildman–Crippen LogP) is 1.03. The van der Waals surface area contributed by atoms with Gasteiger partial charge in [-0.1, -0.05) is 18.2 Å². The SMILES string of the molecule is O=C(O[C@@H]1CCOC1=O)C1=NN(c2ccccc2)C(=O)CC1. The van der Waals surface area contributed by atoms with E-state index in [1.165, 1.54) is 5.01 Å². The summed E-state index contributed by atoms with van der Waals surface area (Å²) in [6, 6.07) is 8.83. The number of hydrogen-bond acceptors (Lipinski definition) is 6. The molecule has 0 aromatic heterocycles. The number of benzene rings is 1. The Morgan fingerprint density at radius 3 is 2.68 bits per heavy atom. The molecule has 0 N–H and O–H groups in total. The highest BCUT2D eigenvalue weighted by atomic mass is 16.6. The lowest BCUT2D eigenvalue weighted by Gasteiger charge is -2.23. The van der Waals surface area contributed by atoms with Gasteiger partial charge in [0.1, 0.15) is 5.71 Å². The zero-order valence-corrected chi connectivity index (χ0v) is 11.7. The van der Waals surface area contributed by atoms with E-state index in [4.69, 9.17) is 9.47 Å². The van der Waals surface area contributed by atoms with Crippen LogP contribution in [-0.2, 0) is 23.9 Å². The number of esters is 2. The van der Waals surface area contributed by atoms with E-state index >= 15 is 0 Å². The van der Waals surface area contributed by atoms with Crippen molar-refractivity contribution in [3.63, 3.8) is 0 Å². The topological polar surface area (TPSA) is 85.3 Å². The monoisotopic (exact) mass is 302 g/mol. The molecule has 0 spiro atoms. The van der Waals surface area contributed by atoms with Gasteiger partial charge in [0.15, 0.2) is 0 Å². The lowest BCUT2D eigenvalue weighted by molar-refractivity contribution is -0.155. The fraction of sp³-hybridized carbons (Fsp3) is 0.333. The van der Waals surface area contributed by atoms with Crippen LogP contribution in [-0.4, -0.2) is 36.3 Å². The standard InChI is InChI=1S/C15H14N2O5/c18-13-7-6-11(14(19)22-12-8-9-21-15(12)20)16-17(13)10-4-2-1-3-5-10/h1-5,12H,6-9H2/t12-/m1/s1. The van der Waals surface area contributed by atoms with Crippen LogP contribution in [0.25, 0.3) is 0 Å². The summed E-state index contributed by atoms with van der Waals surface area (Å²) >= 11 is 0. The second-order valence-electron chi connectivity index (χ2n) is 4.94. The Kier molecular flexibility index (Phi) is 3.86. The van der Waals surface area contributed by atoms with Gasteiger partial charge in [0.25, 0.3) is 0 Å². The fourth-order valence-electron chi connectivity index (χ4n) is 2.25. The lowest BCUT2D eigenvalue weighted by atomic mass is 10.1. The average molecular weight is 302 g/mol. The molecule has 1 aromatic rings. The first-order chi connectivity index (χ1) is 10.6. The van der Waals surface area contributed by atoms with E-state index in [1.54, 1.807) is 24.3 Å². The predicted molar refractivity (Wildman–Crippen MR) is 76.1 cm³/mol. The molecule has 3 rings (SSSR count). The lowest BCUT2D eigenvalue weighted by Crippen LogP contribution is -2.36. The van der Waals surface area contributed by atoms with Gasteiger partial charge < -0.3 is 9.47 Å². The van der Waals surface area contributed by atoms with Crippen LogP contribution in [0.1, 0.15) is 19.3 Å². The summed E-state index contributed by atoms with van der Waals surface area (Å²) in [5, 5.41) is 5.26. The van der Waals surface area contributed by atoms with Crippen molar-refractivity contribution < 1.29 is 23.9 Å². The maximum absolute atomic E-state index is 12.1. The minimum Gasteiger partial charge on any atom is -0.463 e. The van der Waals surface area contributed by atoms with Crippen molar-refractivity contribution in [2.45, 2.75) is 25.4 Å². The van der Waals surface area contributed by atoms with Crippen molar-refractivity contribution in [2.75, 3.05) is 11.6 Å². The molecule has 7 heteroatoms. The van der Waals surface area contributed by atoms with Gasteiger partial charge in [-0.05, 0) is 12.1 Å². The molecular formula is C15H14N2O5. The molecule has 0 saturated carbocycles. The van der Waals surface area contributed by atoms with Gasteiger partial charge >= 0.3 is 11.9 Å². The van der Waals surface area contributed by atoms with E-state index in [1.807, 2.05) is 6.07 Å². The van der Waals surface area contributed by atoms with E-state index in [2.05, 4.69) is 5.10 Å². The molecule has 2 aliphatic rings. The second-order valence-corrected chi connectivity index (χ2v) is 4.94. The molecule has 1 saturated heterocycles. The third kappa shape index (κ3) is 2.83. The number of hydrogen-bond donors (Lipinski definition) is 0. The fourth-order valence-corrected chi connectivity index (χ4v) is 2.25. The summed E-state index contributed by atoms with van der Waals surface area (Å²) in [7, 11) is 0. The number of ether oxygens (including phenoxy) is 2. The average Bonchev–Trinajstić information content (AvgIpc) is 2.93. The van der Waals surface area contributed by atoms with E-state index < -0.39 is 18.0 Å². The minimum absolute atomic E-state index is 0.128. The highest BCUT2D eigenvalue weighted by Gasteiger charge is 2.33. The van der Waals surface area contributed by atoms with Crippen molar-refractivity contribution in [3.8, 4) is 0 Å². The van der Waals surface area contributed by atoms with Crippen molar-refractivity contribution in [3.05, 3.63) is 30.3 Å². The molecule has 0 aliphatic carbocycles. The Morgan fingerprint density at radius 1 is 1.23 bits per heavy atom. The van der Waals surface area contributed by atoms with Crippen LogP contribution in [0.15, 0.2) is 35.4 Å². The van der Waals surface area contributed by atoms with E-state index in [0.717, 1.165) is 0 Å². The first-order valence-corrected chi connectivity index (χ1v) is 6.98. The molecule has 1 fully saturated rings. The maximum atomic E-state index is 12.1. The van der Waals surface area contributed by atoms with Gasteiger partial charge in [-0.3, -0.25) is 4.79 Å². The zero-order chi connectivity index (χ0) is 15.5. The van der Waals surface area contributed by atoms with Crippen molar-refractivity contribution in [1.82, 2.24) is 0 Å². The number of amides is 1. The van der Waals surface area contributed by atoms with Crippen LogP contribution in [0.3, 0.4) is 0 Å². The van der Waals surface area contributed by atoms with E-state index in [9.17, 15) is 14.4 Å². The molecule has 0 unspecified atom stereocenters. The third-order valence-electron chi connectivity index (χ3n) is 3.41. The number of nitrogens with zero attached hydrogens (tertiary/aromatic N) is 2. The quantitative estimate of drug-likeness (QED) is 0.778. The Morgan fingerprint density at radius 2 is 2.00 bits per heavy atom. The number of para-hydroxylation sites is 1. The number of carbonyl (C=O) groups is 3. The van der Waals surface area contributed by atoms with Crippen LogP contribution < -0.4 is 5.01 Å². The summed E-state index contributed by atoms with van der Waals surface area (Å²) in [6.07, 6.45) is -0.169. The van der Waals surface area contributed by atoms with Gasteiger partial charge in [-0.15, -0.1) is 0 Å². The number of hydrazone groups is 1. The van der Waals surface area contributed by atoms with Crippen LogP contribution in [0, 0.1) is 0 Å². The molecule has 0 bridgehead atoms. The van der Waals surface area contributed by atoms with Crippen molar-refractivity contribution >= 4 is 29.2 Å². The van der Waals surface area contributed by atoms with E-state index in [-0.39, 0.29) is 31.1 Å². The molecular weight excluding hydrogens is 288 g/mol. The third-order valence-corrected chi connectivity index (χ3v) is 3.41. The van der Waals surface area contributed by atoms with Gasteiger partial charge in [-0.2, -0.15) is 5.10 Å². The number of carbonyl (C=O) groups excluding carboxylic acids is 3. The molecule has 1 aromatic carbocycles. The highest BCUT2D eigenvalue weighted by Crippen LogP contribution is 2.20. The number of cyclic esters (lactones) is 1. The summed E-state index contributed by atoms with van der Waals surface area (Å²) in [5.41, 5.74) is 0.709. The van der Waals surface area contributed by atoms with Crippen LogP contribution >= 0.6 is 0 Å². The number of anilines is 1. The molecule has 1 atom stereocenters. The molecule has 2 heterocycles. The largest absolute Gasteiger partial charge is 0.463 e. The summed E-state index contributed by atoms with van der Waals surface area (Å²) in [6.45, 7) is 0.248.